The second kappa shape index (κ2) is 6.84. The van der Waals surface area contributed by atoms with E-state index in [9.17, 15) is 0 Å². The second-order valence-corrected chi connectivity index (χ2v) is 7.00. The highest BCUT2D eigenvalue weighted by Crippen LogP contribution is 2.38. The Labute approximate surface area is 134 Å². The van der Waals surface area contributed by atoms with Gasteiger partial charge in [0.2, 0.25) is 0 Å². The predicted molar refractivity (Wildman–Crippen MR) is 92.2 cm³/mol. The van der Waals surface area contributed by atoms with Crippen LogP contribution in [0.5, 0.6) is 5.75 Å². The van der Waals surface area contributed by atoms with E-state index in [1.54, 1.807) is 7.11 Å². The lowest BCUT2D eigenvalue weighted by Crippen LogP contribution is -2.44. The van der Waals surface area contributed by atoms with E-state index in [1.807, 2.05) is 12.1 Å². The molecule has 1 aromatic rings. The van der Waals surface area contributed by atoms with E-state index in [0.717, 1.165) is 12.3 Å². The van der Waals surface area contributed by atoms with E-state index in [-0.39, 0.29) is 0 Å². The van der Waals surface area contributed by atoms with Crippen molar-refractivity contribution < 1.29 is 4.74 Å². The van der Waals surface area contributed by atoms with Crippen LogP contribution in [-0.4, -0.2) is 56.7 Å². The quantitative estimate of drug-likeness (QED) is 0.849. The Hall–Kier alpha value is -1.32. The zero-order chi connectivity index (χ0) is 15.4. The van der Waals surface area contributed by atoms with E-state index >= 15 is 0 Å². The predicted octanol–water partition coefficient (Wildman–Crippen LogP) is 3.13. The normalized spacial score (nSPS) is 27.0. The topological polar surface area (TPSA) is 15.7 Å². The maximum absolute atomic E-state index is 5.19. The van der Waals surface area contributed by atoms with Crippen LogP contribution >= 0.6 is 0 Å². The molecule has 2 aliphatic heterocycles. The summed E-state index contributed by atoms with van der Waals surface area (Å²) < 4.78 is 5.19. The molecule has 120 valence electrons. The van der Waals surface area contributed by atoms with Crippen LogP contribution < -0.4 is 4.74 Å². The summed E-state index contributed by atoms with van der Waals surface area (Å²) in [6.45, 7) is 6.14. The molecule has 22 heavy (non-hydrogen) atoms. The molecular weight excluding hydrogens is 272 g/mol. The van der Waals surface area contributed by atoms with Gasteiger partial charge in [-0.15, -0.1) is 0 Å². The molecule has 2 heterocycles. The van der Waals surface area contributed by atoms with Gasteiger partial charge >= 0.3 is 0 Å². The standard InChI is InChI=1S/C19H28N2O/c1-20-14-11-19(15-20)10-4-13-21(16-19)12-3-5-17-6-8-18(22-2)9-7-17/h3,5-9H,4,10-16H2,1-2H3/b5-3+/t19-/m1/s1. The molecule has 1 spiro atoms. The van der Waals surface area contributed by atoms with Gasteiger partial charge in [-0.25, -0.2) is 0 Å². The largest absolute Gasteiger partial charge is 0.497 e. The monoisotopic (exact) mass is 300 g/mol. The smallest absolute Gasteiger partial charge is 0.118 e. The molecule has 2 aliphatic rings. The van der Waals surface area contributed by atoms with Crippen molar-refractivity contribution in [1.82, 2.24) is 9.80 Å². The van der Waals surface area contributed by atoms with Crippen molar-refractivity contribution in [3.63, 3.8) is 0 Å². The number of nitrogens with zero attached hydrogens (tertiary/aromatic N) is 2. The highest BCUT2D eigenvalue weighted by Gasteiger charge is 2.39. The maximum Gasteiger partial charge on any atom is 0.118 e. The summed E-state index contributed by atoms with van der Waals surface area (Å²) >= 11 is 0. The zero-order valence-electron chi connectivity index (χ0n) is 13.9. The number of methoxy groups -OCH3 is 1. The lowest BCUT2D eigenvalue weighted by molar-refractivity contribution is 0.105. The Bertz CT molecular complexity index is 507. The van der Waals surface area contributed by atoms with Gasteiger partial charge in [-0.1, -0.05) is 24.3 Å². The molecule has 3 heteroatoms. The van der Waals surface area contributed by atoms with E-state index in [1.165, 1.54) is 51.0 Å². The van der Waals surface area contributed by atoms with Gasteiger partial charge in [0.25, 0.3) is 0 Å². The first-order valence-electron chi connectivity index (χ1n) is 8.41. The van der Waals surface area contributed by atoms with Crippen LogP contribution in [0, 0.1) is 5.41 Å². The molecular formula is C19H28N2O. The van der Waals surface area contributed by atoms with E-state index < -0.39 is 0 Å². The van der Waals surface area contributed by atoms with E-state index in [2.05, 4.69) is 41.1 Å². The fraction of sp³-hybridized carbons (Fsp3) is 0.579. The first-order chi connectivity index (χ1) is 10.7. The van der Waals surface area contributed by atoms with Crippen molar-refractivity contribution in [1.29, 1.82) is 0 Å². The van der Waals surface area contributed by atoms with Crippen molar-refractivity contribution in [2.45, 2.75) is 19.3 Å². The van der Waals surface area contributed by atoms with Gasteiger partial charge in [-0.2, -0.15) is 0 Å². The molecule has 2 saturated heterocycles. The first kappa shape index (κ1) is 15.6. The van der Waals surface area contributed by atoms with Gasteiger partial charge in [0.05, 0.1) is 7.11 Å². The van der Waals surface area contributed by atoms with Crippen molar-refractivity contribution in [2.75, 3.05) is 46.9 Å². The molecule has 3 rings (SSSR count). The third-order valence-corrected chi connectivity index (χ3v) is 5.16. The Morgan fingerprint density at radius 1 is 1.14 bits per heavy atom. The summed E-state index contributed by atoms with van der Waals surface area (Å²) in [5.41, 5.74) is 1.81. The van der Waals surface area contributed by atoms with Crippen LogP contribution in [0.4, 0.5) is 0 Å². The van der Waals surface area contributed by atoms with Crippen LogP contribution in [0.15, 0.2) is 30.3 Å². The van der Waals surface area contributed by atoms with Gasteiger partial charge in [0, 0.05) is 19.6 Å². The lowest BCUT2D eigenvalue weighted by atomic mass is 9.79. The lowest BCUT2D eigenvalue weighted by Gasteiger charge is -2.40. The summed E-state index contributed by atoms with van der Waals surface area (Å²) in [4.78, 5) is 5.12. The minimum absolute atomic E-state index is 0.570. The minimum atomic E-state index is 0.570. The number of hydrogen-bond donors (Lipinski definition) is 0. The highest BCUT2D eigenvalue weighted by molar-refractivity contribution is 5.50. The van der Waals surface area contributed by atoms with E-state index in [4.69, 9.17) is 4.74 Å². The summed E-state index contributed by atoms with van der Waals surface area (Å²) in [7, 11) is 3.97. The van der Waals surface area contributed by atoms with E-state index in [0.29, 0.717) is 5.41 Å². The molecule has 1 aromatic carbocycles. The number of rotatable bonds is 4. The first-order valence-corrected chi connectivity index (χ1v) is 8.41. The number of hydrogen-bond acceptors (Lipinski definition) is 3. The van der Waals surface area contributed by atoms with Gasteiger partial charge in [-0.3, -0.25) is 4.90 Å². The van der Waals surface area contributed by atoms with Crippen LogP contribution in [-0.2, 0) is 0 Å². The van der Waals surface area contributed by atoms with Crippen LogP contribution in [0.25, 0.3) is 6.08 Å². The van der Waals surface area contributed by atoms with Crippen molar-refractivity contribution in [3.8, 4) is 5.75 Å². The Morgan fingerprint density at radius 3 is 2.64 bits per heavy atom. The third kappa shape index (κ3) is 3.71. The number of likely N-dealkylation sites (tertiary alicyclic amines) is 2. The molecule has 1 atom stereocenters. The minimum Gasteiger partial charge on any atom is -0.497 e. The molecule has 0 bridgehead atoms. The molecule has 0 aromatic heterocycles. The van der Waals surface area contributed by atoms with Crippen molar-refractivity contribution in [3.05, 3.63) is 35.9 Å². The van der Waals surface area contributed by atoms with Crippen LogP contribution in [0.1, 0.15) is 24.8 Å². The van der Waals surface area contributed by atoms with Crippen molar-refractivity contribution >= 4 is 6.08 Å². The van der Waals surface area contributed by atoms with Gasteiger partial charge < -0.3 is 9.64 Å². The molecule has 0 N–H and O–H groups in total. The summed E-state index contributed by atoms with van der Waals surface area (Å²) in [6.07, 6.45) is 8.67. The van der Waals surface area contributed by atoms with Gasteiger partial charge in [-0.05, 0) is 62.5 Å². The Morgan fingerprint density at radius 2 is 1.95 bits per heavy atom. The average Bonchev–Trinajstić information content (AvgIpc) is 2.88. The summed E-state index contributed by atoms with van der Waals surface area (Å²) in [5.74, 6) is 0.917. The van der Waals surface area contributed by atoms with Gasteiger partial charge in [0.1, 0.15) is 5.75 Å². The third-order valence-electron chi connectivity index (χ3n) is 5.16. The molecule has 0 amide bonds. The number of piperidine rings is 1. The molecule has 0 unspecified atom stereocenters. The number of benzene rings is 1. The fourth-order valence-electron chi connectivity index (χ4n) is 4.01. The highest BCUT2D eigenvalue weighted by atomic mass is 16.5. The Balaban J connectivity index is 1.53. The zero-order valence-corrected chi connectivity index (χ0v) is 13.9. The fourth-order valence-corrected chi connectivity index (χ4v) is 4.01. The molecule has 3 nitrogen and oxygen atoms in total. The molecule has 0 aliphatic carbocycles. The van der Waals surface area contributed by atoms with Crippen LogP contribution in [0.3, 0.4) is 0 Å². The number of ether oxygens (including phenoxy) is 1. The summed E-state index contributed by atoms with van der Waals surface area (Å²) in [6, 6.07) is 8.26. The van der Waals surface area contributed by atoms with Crippen LogP contribution in [0.2, 0.25) is 0 Å². The second-order valence-electron chi connectivity index (χ2n) is 7.00. The maximum atomic E-state index is 5.19. The van der Waals surface area contributed by atoms with Gasteiger partial charge in [0.15, 0.2) is 0 Å². The molecule has 0 radical (unpaired) electrons. The molecule has 0 saturated carbocycles. The average molecular weight is 300 g/mol. The summed E-state index contributed by atoms with van der Waals surface area (Å²) in [5, 5.41) is 0. The van der Waals surface area contributed by atoms with Crippen molar-refractivity contribution in [2.24, 2.45) is 5.41 Å². The SMILES string of the molecule is COc1ccc(/C=C/CN2CCC[C@]3(CCN(C)C3)C2)cc1. The Kier molecular flexibility index (Phi) is 4.84. The molecule has 2 fully saturated rings.